The normalized spacial score (nSPS) is 12.8. The number of fused-ring (bicyclic) bond motifs is 14. The second-order valence-corrected chi connectivity index (χ2v) is 20.6. The molecule has 12 aromatic carbocycles. The molecule has 0 radical (unpaired) electrons. The van der Waals surface area contributed by atoms with Gasteiger partial charge in [-0.2, -0.15) is 0 Å². The topological polar surface area (TPSA) is 3.24 Å². The maximum atomic E-state index is 2.54. The van der Waals surface area contributed by atoms with E-state index < -0.39 is 5.41 Å². The number of hydrogen-bond acceptors (Lipinski definition) is 2. The van der Waals surface area contributed by atoms with Crippen LogP contribution in [0, 0.1) is 0 Å². The smallest absolute Gasteiger partial charge is 0.0726 e. The fourth-order valence-electron chi connectivity index (χ4n) is 12.5. The van der Waals surface area contributed by atoms with Gasteiger partial charge >= 0.3 is 0 Å². The summed E-state index contributed by atoms with van der Waals surface area (Å²) in [4.78, 5) is 2.54. The lowest BCUT2D eigenvalue weighted by molar-refractivity contribution is 0.794. The van der Waals surface area contributed by atoms with Gasteiger partial charge in [0.05, 0.1) is 16.8 Å². The average molecular weight is 944 g/mol. The molecule has 1 spiro atoms. The van der Waals surface area contributed by atoms with Crippen molar-refractivity contribution in [3.63, 3.8) is 0 Å². The quantitative estimate of drug-likeness (QED) is 0.154. The van der Waals surface area contributed by atoms with Crippen molar-refractivity contribution in [3.05, 3.63) is 295 Å². The molecule has 0 saturated carbocycles. The molecule has 0 N–H and O–H groups in total. The maximum Gasteiger partial charge on any atom is 0.0726 e. The molecule has 73 heavy (non-hydrogen) atoms. The Morgan fingerprint density at radius 1 is 0.274 bits per heavy atom. The minimum atomic E-state index is -0.439. The number of hydrogen-bond donors (Lipinski definition) is 0. The summed E-state index contributed by atoms with van der Waals surface area (Å²) in [5.41, 5.74) is 23.3. The van der Waals surface area contributed by atoms with E-state index in [0.717, 1.165) is 5.69 Å². The van der Waals surface area contributed by atoms with Crippen LogP contribution in [0.3, 0.4) is 0 Å². The van der Waals surface area contributed by atoms with Gasteiger partial charge in [-0.3, -0.25) is 0 Å². The first-order valence-electron chi connectivity index (χ1n) is 25.2. The van der Waals surface area contributed by atoms with Gasteiger partial charge in [0.25, 0.3) is 0 Å². The fourth-order valence-corrected chi connectivity index (χ4v) is 13.6. The van der Waals surface area contributed by atoms with Gasteiger partial charge in [0.2, 0.25) is 0 Å². The highest BCUT2D eigenvalue weighted by molar-refractivity contribution is 7.26. The third kappa shape index (κ3) is 6.34. The molecule has 1 aromatic heterocycles. The molecule has 15 rings (SSSR count). The largest absolute Gasteiger partial charge is 0.309 e. The van der Waals surface area contributed by atoms with E-state index in [1.165, 1.54) is 131 Å². The average Bonchev–Trinajstić information content (AvgIpc) is 4.11. The van der Waals surface area contributed by atoms with E-state index in [0.29, 0.717) is 0 Å². The van der Waals surface area contributed by atoms with Crippen LogP contribution in [0.4, 0.5) is 17.1 Å². The molecule has 0 aliphatic heterocycles. The van der Waals surface area contributed by atoms with Crippen LogP contribution in [0.15, 0.2) is 273 Å². The number of nitrogens with zero attached hydrogens (tertiary/aromatic N) is 1. The molecule has 2 aliphatic carbocycles. The van der Waals surface area contributed by atoms with E-state index in [9.17, 15) is 0 Å². The Hall–Kier alpha value is -9.08. The summed E-state index contributed by atoms with van der Waals surface area (Å²) in [6.45, 7) is 0. The molecule has 2 heteroatoms. The third-order valence-corrected chi connectivity index (χ3v) is 16.9. The first kappa shape index (κ1) is 41.7. The van der Waals surface area contributed by atoms with Crippen LogP contribution >= 0.6 is 11.3 Å². The van der Waals surface area contributed by atoms with Crippen molar-refractivity contribution in [2.24, 2.45) is 0 Å². The molecule has 1 heterocycles. The molecule has 0 amide bonds. The van der Waals surface area contributed by atoms with Crippen LogP contribution in [0.1, 0.15) is 22.3 Å². The summed E-state index contributed by atoms with van der Waals surface area (Å²) in [5.74, 6) is 0. The highest BCUT2D eigenvalue weighted by Crippen LogP contribution is 2.65. The van der Waals surface area contributed by atoms with Gasteiger partial charge in [-0.1, -0.05) is 237 Å². The van der Waals surface area contributed by atoms with Crippen LogP contribution in [0.2, 0.25) is 0 Å². The SMILES string of the molecule is c1ccc2c(c1)-c1ccccc1C21c2ccccc2-c2c(N(c3ccc(-c4ccc(-c5ccc(-c6ccc(-c7cccc8ccccc78)cc6)cc5)cc4)cc3)c3cccc4sc5ccccc5c34)cccc21. The van der Waals surface area contributed by atoms with Crippen molar-refractivity contribution in [2.45, 2.75) is 5.41 Å². The second-order valence-electron chi connectivity index (χ2n) is 19.5. The molecule has 340 valence electrons. The molecule has 0 fully saturated rings. The van der Waals surface area contributed by atoms with Gasteiger partial charge in [0.1, 0.15) is 0 Å². The number of anilines is 3. The zero-order valence-corrected chi connectivity index (χ0v) is 40.7. The number of thiophene rings is 1. The van der Waals surface area contributed by atoms with E-state index in [2.05, 4.69) is 278 Å². The molecule has 0 unspecified atom stereocenters. The Morgan fingerprint density at radius 2 is 0.685 bits per heavy atom. The van der Waals surface area contributed by atoms with Crippen molar-refractivity contribution >= 4 is 59.3 Å². The molecule has 0 bridgehead atoms. The lowest BCUT2D eigenvalue weighted by Crippen LogP contribution is -2.26. The fraction of sp³-hybridized carbons (Fsp3) is 0.0141. The first-order chi connectivity index (χ1) is 36.2. The molecular weight excluding hydrogens is 899 g/mol. The van der Waals surface area contributed by atoms with Crippen molar-refractivity contribution in [3.8, 4) is 66.8 Å². The molecule has 0 saturated heterocycles. The highest BCUT2D eigenvalue weighted by atomic mass is 32.1. The third-order valence-electron chi connectivity index (χ3n) is 15.7. The van der Waals surface area contributed by atoms with Crippen LogP contribution in [0.5, 0.6) is 0 Å². The predicted octanol–water partition coefficient (Wildman–Crippen LogP) is 19.7. The van der Waals surface area contributed by atoms with E-state index in [4.69, 9.17) is 0 Å². The second kappa shape index (κ2) is 16.5. The van der Waals surface area contributed by atoms with Crippen LogP contribution in [0.25, 0.3) is 97.7 Å². The highest BCUT2D eigenvalue weighted by Gasteiger charge is 2.52. The minimum Gasteiger partial charge on any atom is -0.309 e. The van der Waals surface area contributed by atoms with Gasteiger partial charge in [-0.25, -0.2) is 0 Å². The lowest BCUT2D eigenvalue weighted by atomic mass is 9.70. The van der Waals surface area contributed by atoms with E-state index in [1.807, 2.05) is 11.3 Å². The summed E-state index contributed by atoms with van der Waals surface area (Å²) in [5, 5.41) is 5.10. The van der Waals surface area contributed by atoms with Gasteiger partial charge < -0.3 is 4.90 Å². The summed E-state index contributed by atoms with van der Waals surface area (Å²) >= 11 is 1.87. The Bertz CT molecular complexity index is 4240. The van der Waals surface area contributed by atoms with E-state index in [-0.39, 0.29) is 0 Å². The predicted molar refractivity (Wildman–Crippen MR) is 310 cm³/mol. The molecule has 13 aromatic rings. The first-order valence-corrected chi connectivity index (χ1v) is 26.0. The Morgan fingerprint density at radius 3 is 1.32 bits per heavy atom. The summed E-state index contributed by atoms with van der Waals surface area (Å²) in [6.07, 6.45) is 0. The van der Waals surface area contributed by atoms with Gasteiger partial charge in [-0.05, 0) is 131 Å². The Kier molecular flexibility index (Phi) is 9.42. The van der Waals surface area contributed by atoms with Crippen LogP contribution in [-0.4, -0.2) is 0 Å². The Labute approximate surface area is 429 Å². The summed E-state index contributed by atoms with van der Waals surface area (Å²) < 4.78 is 2.58. The summed E-state index contributed by atoms with van der Waals surface area (Å²) in [6, 6.07) is 101. The molecular formula is C71H45NS. The zero-order chi connectivity index (χ0) is 48.0. The standard InChI is InChI=1S/C71H45NS/c1-2-16-55-52(14-1)15-11-21-56(55)53-40-38-50(39-41-53)48-32-30-46(31-33-48)47-34-36-49(37-35-47)51-42-44-54(45-43-51)72(66-27-13-29-68-70(66)60-20-6-10-28-67(60)73-68)65-26-12-25-64-69(65)59-19-5-9-24-63(59)71(64)61-22-7-3-17-57(61)58-18-4-8-23-62(58)71/h1-45H. The maximum absolute atomic E-state index is 2.54. The van der Waals surface area contributed by atoms with Crippen LogP contribution in [-0.2, 0) is 5.41 Å². The monoisotopic (exact) mass is 943 g/mol. The minimum absolute atomic E-state index is 0.439. The lowest BCUT2D eigenvalue weighted by Gasteiger charge is -2.32. The van der Waals surface area contributed by atoms with E-state index >= 15 is 0 Å². The molecule has 0 atom stereocenters. The van der Waals surface area contributed by atoms with Crippen LogP contribution < -0.4 is 4.90 Å². The van der Waals surface area contributed by atoms with Gasteiger partial charge in [0.15, 0.2) is 0 Å². The van der Waals surface area contributed by atoms with Gasteiger partial charge in [-0.15, -0.1) is 11.3 Å². The Balaban J connectivity index is 0.797. The van der Waals surface area contributed by atoms with Crippen molar-refractivity contribution < 1.29 is 0 Å². The van der Waals surface area contributed by atoms with Gasteiger partial charge in [0, 0.05) is 31.4 Å². The van der Waals surface area contributed by atoms with Crippen molar-refractivity contribution in [2.75, 3.05) is 4.90 Å². The van der Waals surface area contributed by atoms with Crippen molar-refractivity contribution in [1.29, 1.82) is 0 Å². The zero-order valence-electron chi connectivity index (χ0n) is 39.8. The molecule has 1 nitrogen and oxygen atoms in total. The van der Waals surface area contributed by atoms with Crippen molar-refractivity contribution in [1.82, 2.24) is 0 Å². The number of benzene rings is 12. The van der Waals surface area contributed by atoms with E-state index in [1.54, 1.807) is 0 Å². The number of rotatable bonds is 7. The molecule has 2 aliphatic rings. The summed E-state index contributed by atoms with van der Waals surface area (Å²) in [7, 11) is 0.